The van der Waals surface area contributed by atoms with Gasteiger partial charge in [-0.2, -0.15) is 0 Å². The highest BCUT2D eigenvalue weighted by Crippen LogP contribution is 2.60. The molecule has 0 radical (unpaired) electrons. The lowest BCUT2D eigenvalue weighted by molar-refractivity contribution is -0.146. The molecule has 0 saturated carbocycles. The molecule has 4 atom stereocenters. The molecule has 1 N–H and O–H groups in total. The highest BCUT2D eigenvalue weighted by Gasteiger charge is 2.66. The summed E-state index contributed by atoms with van der Waals surface area (Å²) in [6.07, 6.45) is 11.6. The number of ether oxygens (including phenoxy) is 2. The summed E-state index contributed by atoms with van der Waals surface area (Å²) in [5.41, 5.74) is 3.63. The summed E-state index contributed by atoms with van der Waals surface area (Å²) in [5.74, 6) is 0.722. The number of carbonyl (C=O) groups excluding carboxylic acids is 3. The fourth-order valence-corrected chi connectivity index (χ4v) is 14.8. The van der Waals surface area contributed by atoms with Gasteiger partial charge in [-0.1, -0.05) is 80.4 Å². The standard InChI is InChI=1S/C48H62N6O6Si/c1-34-46(61(3,4)40-21-19-39(59-2)20-22-40)43(24-28-51-33-36(25-29-55)49-50-51)60-48(34)41-31-38(53-27-12-8-6-10-17-45(53)57)18-23-42(41)54(47(48)58)32-35-14-13-15-37(30-35)52-26-11-7-5-9-16-44(52)56/h13-15,18-23,30-31,33-34,43,46,55H,5-12,16-17,24-29,32H2,1-4H3/t34-,43+,46-,48+/m1/s1. The summed E-state index contributed by atoms with van der Waals surface area (Å²) in [5, 5.41) is 19.4. The Balaban J connectivity index is 1.21. The number of methoxy groups -OCH3 is 1. The van der Waals surface area contributed by atoms with Gasteiger partial charge in [-0.15, -0.1) is 5.10 Å². The molecule has 1 aromatic heterocycles. The molecule has 61 heavy (non-hydrogen) atoms. The zero-order chi connectivity index (χ0) is 42.7. The topological polar surface area (TPSA) is 130 Å². The molecule has 4 aliphatic rings. The van der Waals surface area contributed by atoms with Crippen LogP contribution in [-0.2, 0) is 44.2 Å². The van der Waals surface area contributed by atoms with Crippen molar-refractivity contribution in [1.82, 2.24) is 15.0 Å². The first-order valence-corrected chi connectivity index (χ1v) is 25.6. The van der Waals surface area contributed by atoms with E-state index in [0.29, 0.717) is 51.9 Å². The van der Waals surface area contributed by atoms with Crippen molar-refractivity contribution in [3.05, 3.63) is 89.7 Å². The molecule has 3 fully saturated rings. The lowest BCUT2D eigenvalue weighted by Gasteiger charge is -2.37. The summed E-state index contributed by atoms with van der Waals surface area (Å²) in [6.45, 7) is 9.13. The smallest absolute Gasteiger partial charge is 0.264 e. The van der Waals surface area contributed by atoms with E-state index in [1.165, 1.54) is 5.19 Å². The minimum absolute atomic E-state index is 0.00209. The highest BCUT2D eigenvalue weighted by atomic mass is 28.3. The van der Waals surface area contributed by atoms with Crippen molar-refractivity contribution in [2.75, 3.05) is 41.5 Å². The Kier molecular flexibility index (Phi) is 12.8. The van der Waals surface area contributed by atoms with Gasteiger partial charge in [0.15, 0.2) is 5.60 Å². The number of aromatic nitrogens is 3. The minimum atomic E-state index is -2.44. The van der Waals surface area contributed by atoms with E-state index < -0.39 is 13.7 Å². The molecule has 3 amide bonds. The van der Waals surface area contributed by atoms with E-state index in [1.807, 2.05) is 68.0 Å². The average Bonchev–Trinajstić information content (AvgIpc) is 3.89. The summed E-state index contributed by atoms with van der Waals surface area (Å²) in [7, 11) is -0.759. The average molecular weight is 847 g/mol. The second-order valence-corrected chi connectivity index (χ2v) is 22.8. The Morgan fingerprint density at radius 3 is 2.20 bits per heavy atom. The number of hydrogen-bond acceptors (Lipinski definition) is 8. The fraction of sp³-hybridized carbons (Fsp3) is 0.521. The molecule has 324 valence electrons. The SMILES string of the molecule is COc1ccc([Si](C)(C)[C@H]2[C@H](CCn3cc(CCO)nn3)O[C@@]3(C(=O)N(Cc4cccc(N5CCCCCCC5=O)c4)c4ccc(N5CCCCCCC5=O)cc43)[C@@H]2C)cc1. The van der Waals surface area contributed by atoms with Gasteiger partial charge in [-0.3, -0.25) is 19.1 Å². The minimum Gasteiger partial charge on any atom is -0.497 e. The van der Waals surface area contributed by atoms with Crippen molar-refractivity contribution in [1.29, 1.82) is 0 Å². The summed E-state index contributed by atoms with van der Waals surface area (Å²) in [4.78, 5) is 48.5. The van der Waals surface area contributed by atoms with Crippen LogP contribution >= 0.6 is 0 Å². The predicted octanol–water partition coefficient (Wildman–Crippen LogP) is 7.27. The van der Waals surface area contributed by atoms with E-state index in [9.17, 15) is 14.7 Å². The summed E-state index contributed by atoms with van der Waals surface area (Å²) < 4.78 is 14.9. The van der Waals surface area contributed by atoms with Gasteiger partial charge in [0.25, 0.3) is 5.91 Å². The lowest BCUT2D eigenvalue weighted by Crippen LogP contribution is -2.51. The number of aliphatic hydroxyl groups excluding tert-OH is 1. The number of nitrogens with zero attached hydrogens (tertiary/aromatic N) is 6. The van der Waals surface area contributed by atoms with E-state index in [1.54, 1.807) is 7.11 Å². The van der Waals surface area contributed by atoms with E-state index in [0.717, 1.165) is 91.0 Å². The van der Waals surface area contributed by atoms with Gasteiger partial charge in [0, 0.05) is 74.6 Å². The number of carbonyl (C=O) groups is 3. The number of aryl methyl sites for hydroxylation is 1. The summed E-state index contributed by atoms with van der Waals surface area (Å²) in [6, 6.07) is 22.6. The molecule has 4 aliphatic heterocycles. The van der Waals surface area contributed by atoms with Crippen molar-refractivity contribution < 1.29 is 29.0 Å². The Morgan fingerprint density at radius 2 is 1.52 bits per heavy atom. The van der Waals surface area contributed by atoms with E-state index >= 15 is 4.79 Å². The Hall–Kier alpha value is -4.85. The number of hydrogen-bond donors (Lipinski definition) is 1. The van der Waals surface area contributed by atoms with Crippen molar-refractivity contribution >= 4 is 48.0 Å². The van der Waals surface area contributed by atoms with Crippen molar-refractivity contribution in [2.24, 2.45) is 5.92 Å². The second kappa shape index (κ2) is 18.2. The number of fused-ring (bicyclic) bond motifs is 2. The number of anilines is 3. The quantitative estimate of drug-likeness (QED) is 0.148. The maximum atomic E-state index is 15.8. The van der Waals surface area contributed by atoms with Crippen molar-refractivity contribution in [2.45, 2.75) is 127 Å². The molecule has 0 aliphatic carbocycles. The molecule has 0 unspecified atom stereocenters. The van der Waals surface area contributed by atoms with Crippen molar-refractivity contribution in [3.63, 3.8) is 0 Å². The maximum Gasteiger partial charge on any atom is 0.264 e. The van der Waals surface area contributed by atoms with Crippen LogP contribution in [0.4, 0.5) is 17.1 Å². The van der Waals surface area contributed by atoms with Crippen LogP contribution in [0, 0.1) is 5.92 Å². The van der Waals surface area contributed by atoms with Gasteiger partial charge >= 0.3 is 0 Å². The van der Waals surface area contributed by atoms with Gasteiger partial charge in [0.1, 0.15) is 5.75 Å². The van der Waals surface area contributed by atoms with Gasteiger partial charge < -0.3 is 29.3 Å². The van der Waals surface area contributed by atoms with Crippen LogP contribution in [0.25, 0.3) is 0 Å². The van der Waals surface area contributed by atoms with E-state index in [-0.39, 0.29) is 41.9 Å². The third kappa shape index (κ3) is 8.40. The first-order valence-electron chi connectivity index (χ1n) is 22.5. The Bertz CT molecular complexity index is 2210. The fourth-order valence-electron chi connectivity index (χ4n) is 10.7. The second-order valence-electron chi connectivity index (χ2n) is 18.1. The van der Waals surface area contributed by atoms with Crippen LogP contribution < -0.4 is 24.6 Å². The largest absolute Gasteiger partial charge is 0.497 e. The highest BCUT2D eigenvalue weighted by molar-refractivity contribution is 6.91. The van der Waals surface area contributed by atoms with Gasteiger partial charge in [0.2, 0.25) is 11.8 Å². The number of rotatable bonds is 12. The van der Waals surface area contributed by atoms with Gasteiger partial charge in [-0.25, -0.2) is 0 Å². The van der Waals surface area contributed by atoms with Gasteiger partial charge in [-0.05, 0) is 85.7 Å². The third-order valence-corrected chi connectivity index (χ3v) is 18.3. The predicted molar refractivity (Wildman–Crippen MR) is 240 cm³/mol. The van der Waals surface area contributed by atoms with Crippen LogP contribution in [0.1, 0.15) is 94.4 Å². The maximum absolute atomic E-state index is 15.8. The van der Waals surface area contributed by atoms with Crippen LogP contribution in [0.3, 0.4) is 0 Å². The third-order valence-electron chi connectivity index (χ3n) is 13.9. The van der Waals surface area contributed by atoms with Crippen LogP contribution in [0.2, 0.25) is 18.6 Å². The van der Waals surface area contributed by atoms with Crippen LogP contribution in [0.15, 0.2) is 72.9 Å². The molecule has 4 aromatic rings. The molecular formula is C48H62N6O6Si. The van der Waals surface area contributed by atoms with E-state index in [2.05, 4.69) is 54.6 Å². The Labute approximate surface area is 361 Å². The summed E-state index contributed by atoms with van der Waals surface area (Å²) >= 11 is 0. The lowest BCUT2D eigenvalue weighted by atomic mass is 9.82. The first kappa shape index (κ1) is 42.8. The van der Waals surface area contributed by atoms with Crippen LogP contribution in [-0.4, -0.2) is 78.8 Å². The van der Waals surface area contributed by atoms with Gasteiger partial charge in [0.05, 0.1) is 39.2 Å². The molecule has 12 nitrogen and oxygen atoms in total. The molecule has 3 saturated heterocycles. The number of benzene rings is 3. The molecule has 3 aromatic carbocycles. The monoisotopic (exact) mass is 846 g/mol. The molecule has 8 rings (SSSR count). The molecule has 13 heteroatoms. The van der Waals surface area contributed by atoms with Crippen molar-refractivity contribution in [3.8, 4) is 5.75 Å². The van der Waals surface area contributed by atoms with Crippen LogP contribution in [0.5, 0.6) is 5.75 Å². The zero-order valence-electron chi connectivity index (χ0n) is 36.4. The normalized spacial score (nSPS) is 23.9. The molecule has 1 spiro atoms. The number of amides is 3. The molecular weight excluding hydrogens is 785 g/mol. The first-order chi connectivity index (χ1) is 29.5. The molecule has 5 heterocycles. The molecule has 0 bridgehead atoms. The Morgan fingerprint density at radius 1 is 0.852 bits per heavy atom. The van der Waals surface area contributed by atoms with E-state index in [4.69, 9.17) is 9.47 Å². The number of aliphatic hydroxyl groups is 1. The zero-order valence-corrected chi connectivity index (χ0v) is 37.4.